The maximum absolute atomic E-state index is 5.68. The maximum Gasteiger partial charge on any atom is 0.128 e. The number of nitrogens with one attached hydrogen (secondary N) is 1. The Balaban J connectivity index is 2.19. The molecular weight excluding hydrogens is 230 g/mol. The van der Waals surface area contributed by atoms with Gasteiger partial charge in [-0.15, -0.1) is 11.3 Å². The molecule has 0 fully saturated rings. The molecule has 0 aromatic carbocycles. The molecule has 2 heterocycles. The summed E-state index contributed by atoms with van der Waals surface area (Å²) in [5.41, 5.74) is 5.68. The van der Waals surface area contributed by atoms with E-state index in [0.717, 1.165) is 5.82 Å². The molecule has 0 bridgehead atoms. The lowest BCUT2D eigenvalue weighted by atomic mass is 10.0. The van der Waals surface area contributed by atoms with Crippen LogP contribution in [0.5, 0.6) is 0 Å². The lowest BCUT2D eigenvalue weighted by molar-refractivity contribution is 0.552. The average Bonchev–Trinajstić information content (AvgIpc) is 2.78. The van der Waals surface area contributed by atoms with Gasteiger partial charge in [-0.25, -0.2) is 4.98 Å². The first-order chi connectivity index (χ1) is 8.16. The van der Waals surface area contributed by atoms with Crippen molar-refractivity contribution in [2.24, 2.45) is 5.92 Å². The first kappa shape index (κ1) is 11.9. The molecule has 0 radical (unpaired) electrons. The summed E-state index contributed by atoms with van der Waals surface area (Å²) < 4.78 is 0. The molecule has 3 N–H and O–H groups in total. The Kier molecular flexibility index (Phi) is 3.64. The zero-order chi connectivity index (χ0) is 12.3. The Hall–Kier alpha value is -1.55. The number of nitrogen functional groups attached to an aromatic ring is 1. The van der Waals surface area contributed by atoms with Crippen LogP contribution in [0, 0.1) is 5.92 Å². The van der Waals surface area contributed by atoms with Gasteiger partial charge in [0, 0.05) is 4.88 Å². The number of nitrogens with two attached hydrogens (primary N) is 1. The molecule has 4 heteroatoms. The Morgan fingerprint density at radius 2 is 2.06 bits per heavy atom. The van der Waals surface area contributed by atoms with Gasteiger partial charge in [-0.05, 0) is 29.5 Å². The van der Waals surface area contributed by atoms with Crippen molar-refractivity contribution >= 4 is 23.0 Å². The summed E-state index contributed by atoms with van der Waals surface area (Å²) in [5.74, 6) is 1.87. The van der Waals surface area contributed by atoms with Gasteiger partial charge in [0.2, 0.25) is 0 Å². The molecule has 0 aliphatic carbocycles. The van der Waals surface area contributed by atoms with Crippen molar-refractivity contribution in [2.75, 3.05) is 11.1 Å². The zero-order valence-electron chi connectivity index (χ0n) is 10.1. The average molecular weight is 247 g/mol. The molecule has 2 aromatic heterocycles. The van der Waals surface area contributed by atoms with Crippen molar-refractivity contribution < 1.29 is 0 Å². The summed E-state index contributed by atoms with van der Waals surface area (Å²) in [4.78, 5) is 5.60. The van der Waals surface area contributed by atoms with Gasteiger partial charge in [-0.2, -0.15) is 0 Å². The summed E-state index contributed by atoms with van der Waals surface area (Å²) in [6.07, 6.45) is 0. The molecule has 0 spiro atoms. The van der Waals surface area contributed by atoms with Crippen molar-refractivity contribution in [1.82, 2.24) is 4.98 Å². The molecule has 0 aliphatic rings. The molecule has 1 unspecified atom stereocenters. The lowest BCUT2D eigenvalue weighted by Gasteiger charge is -2.21. The van der Waals surface area contributed by atoms with E-state index in [1.807, 2.05) is 12.1 Å². The Labute approximate surface area is 106 Å². The second-order valence-corrected chi connectivity index (χ2v) is 5.31. The number of rotatable bonds is 4. The van der Waals surface area contributed by atoms with Gasteiger partial charge >= 0.3 is 0 Å². The maximum atomic E-state index is 5.68. The highest BCUT2D eigenvalue weighted by atomic mass is 32.1. The lowest BCUT2D eigenvalue weighted by Crippen LogP contribution is -2.16. The third kappa shape index (κ3) is 2.97. The number of hydrogen-bond donors (Lipinski definition) is 2. The van der Waals surface area contributed by atoms with E-state index >= 15 is 0 Å². The summed E-state index contributed by atoms with van der Waals surface area (Å²) >= 11 is 1.76. The Morgan fingerprint density at radius 3 is 2.65 bits per heavy atom. The van der Waals surface area contributed by atoms with Crippen LogP contribution in [0.15, 0.2) is 35.7 Å². The van der Waals surface area contributed by atoms with Crippen LogP contribution < -0.4 is 11.1 Å². The van der Waals surface area contributed by atoms with Gasteiger partial charge in [0.25, 0.3) is 0 Å². The molecular formula is C13H17N3S. The van der Waals surface area contributed by atoms with Crippen molar-refractivity contribution in [3.63, 3.8) is 0 Å². The van der Waals surface area contributed by atoms with Gasteiger partial charge in [0.15, 0.2) is 0 Å². The number of pyridine rings is 1. The molecule has 17 heavy (non-hydrogen) atoms. The van der Waals surface area contributed by atoms with E-state index in [1.165, 1.54) is 4.88 Å². The predicted molar refractivity (Wildman–Crippen MR) is 74.2 cm³/mol. The standard InChI is InChI=1S/C13H17N3S/c1-9(2)13(10-5-4-8-17-10)16-12-7-3-6-11(14)15-12/h3-9,13H,1-2H3,(H3,14,15,16). The van der Waals surface area contributed by atoms with E-state index in [-0.39, 0.29) is 6.04 Å². The van der Waals surface area contributed by atoms with Crippen LogP contribution in [-0.4, -0.2) is 4.98 Å². The highest BCUT2D eigenvalue weighted by Crippen LogP contribution is 2.29. The van der Waals surface area contributed by atoms with Crippen molar-refractivity contribution in [3.8, 4) is 0 Å². The minimum absolute atomic E-state index is 0.282. The molecule has 2 rings (SSSR count). The van der Waals surface area contributed by atoms with E-state index in [4.69, 9.17) is 5.73 Å². The number of thiophene rings is 1. The SMILES string of the molecule is CC(C)C(Nc1cccc(N)n1)c1cccs1. The fourth-order valence-electron chi connectivity index (χ4n) is 1.73. The van der Waals surface area contributed by atoms with Crippen LogP contribution >= 0.6 is 11.3 Å². The van der Waals surface area contributed by atoms with Crippen LogP contribution in [-0.2, 0) is 0 Å². The number of nitrogens with zero attached hydrogens (tertiary/aromatic N) is 1. The van der Waals surface area contributed by atoms with E-state index in [1.54, 1.807) is 17.4 Å². The molecule has 0 saturated heterocycles. The third-order valence-electron chi connectivity index (χ3n) is 2.59. The van der Waals surface area contributed by atoms with Crippen LogP contribution in [0.4, 0.5) is 11.6 Å². The summed E-state index contributed by atoms with van der Waals surface area (Å²) in [7, 11) is 0. The summed E-state index contributed by atoms with van der Waals surface area (Å²) in [6, 6.07) is 10.2. The largest absolute Gasteiger partial charge is 0.384 e. The topological polar surface area (TPSA) is 50.9 Å². The molecule has 0 amide bonds. The smallest absolute Gasteiger partial charge is 0.128 e. The molecule has 1 atom stereocenters. The fourth-order valence-corrected chi connectivity index (χ4v) is 2.67. The molecule has 3 nitrogen and oxygen atoms in total. The van der Waals surface area contributed by atoms with Gasteiger partial charge in [-0.1, -0.05) is 26.0 Å². The van der Waals surface area contributed by atoms with Crippen LogP contribution in [0.2, 0.25) is 0 Å². The van der Waals surface area contributed by atoms with E-state index in [0.29, 0.717) is 11.7 Å². The number of hydrogen-bond acceptors (Lipinski definition) is 4. The summed E-state index contributed by atoms with van der Waals surface area (Å²) in [6.45, 7) is 4.40. The molecule has 0 saturated carbocycles. The summed E-state index contributed by atoms with van der Waals surface area (Å²) in [5, 5.41) is 5.54. The number of anilines is 2. The highest BCUT2D eigenvalue weighted by Gasteiger charge is 2.16. The Morgan fingerprint density at radius 1 is 1.24 bits per heavy atom. The quantitative estimate of drug-likeness (QED) is 0.869. The van der Waals surface area contributed by atoms with Crippen LogP contribution in [0.3, 0.4) is 0 Å². The van der Waals surface area contributed by atoms with Gasteiger partial charge in [-0.3, -0.25) is 0 Å². The van der Waals surface area contributed by atoms with Crippen molar-refractivity contribution in [2.45, 2.75) is 19.9 Å². The zero-order valence-corrected chi connectivity index (χ0v) is 10.9. The van der Waals surface area contributed by atoms with Gasteiger partial charge in [0.1, 0.15) is 11.6 Å². The van der Waals surface area contributed by atoms with Crippen molar-refractivity contribution in [3.05, 3.63) is 40.6 Å². The van der Waals surface area contributed by atoms with E-state index in [9.17, 15) is 0 Å². The van der Waals surface area contributed by atoms with E-state index < -0.39 is 0 Å². The van der Waals surface area contributed by atoms with Crippen LogP contribution in [0.1, 0.15) is 24.8 Å². The van der Waals surface area contributed by atoms with Gasteiger partial charge < -0.3 is 11.1 Å². The Bertz CT molecular complexity index is 465. The second kappa shape index (κ2) is 5.19. The van der Waals surface area contributed by atoms with Crippen LogP contribution in [0.25, 0.3) is 0 Å². The second-order valence-electron chi connectivity index (χ2n) is 4.33. The normalized spacial score (nSPS) is 12.6. The van der Waals surface area contributed by atoms with Gasteiger partial charge in [0.05, 0.1) is 6.04 Å². The highest BCUT2D eigenvalue weighted by molar-refractivity contribution is 7.10. The molecule has 90 valence electrons. The van der Waals surface area contributed by atoms with E-state index in [2.05, 4.69) is 41.7 Å². The predicted octanol–water partition coefficient (Wildman–Crippen LogP) is 3.53. The minimum atomic E-state index is 0.282. The first-order valence-electron chi connectivity index (χ1n) is 5.69. The fraction of sp³-hybridized carbons (Fsp3) is 0.308. The first-order valence-corrected chi connectivity index (χ1v) is 6.57. The molecule has 2 aromatic rings. The third-order valence-corrected chi connectivity index (χ3v) is 3.55. The minimum Gasteiger partial charge on any atom is -0.384 e. The monoisotopic (exact) mass is 247 g/mol. The van der Waals surface area contributed by atoms with Crippen molar-refractivity contribution in [1.29, 1.82) is 0 Å². The molecule has 0 aliphatic heterocycles. The number of aromatic nitrogens is 1.